The van der Waals surface area contributed by atoms with Gasteiger partial charge in [-0.05, 0) is 23.8 Å². The van der Waals surface area contributed by atoms with E-state index in [9.17, 15) is 4.79 Å². The normalized spacial score (nSPS) is 15.9. The molecule has 29 heavy (non-hydrogen) atoms. The van der Waals surface area contributed by atoms with E-state index in [1.54, 1.807) is 7.11 Å². The summed E-state index contributed by atoms with van der Waals surface area (Å²) in [6.45, 7) is 3.55. The number of fused-ring (bicyclic) bond motifs is 1. The molecule has 3 aromatic rings. The number of thiophene rings is 1. The number of rotatable bonds is 6. The lowest BCUT2D eigenvalue weighted by Gasteiger charge is -2.35. The summed E-state index contributed by atoms with van der Waals surface area (Å²) in [6, 6.07) is 15.9. The van der Waals surface area contributed by atoms with E-state index in [4.69, 9.17) is 21.1 Å². The number of morpholine rings is 1. The number of hydrogen-bond donors (Lipinski definition) is 1. The van der Waals surface area contributed by atoms with Gasteiger partial charge in [0.1, 0.15) is 10.6 Å². The van der Waals surface area contributed by atoms with Crippen molar-refractivity contribution in [2.24, 2.45) is 0 Å². The molecule has 1 aromatic heterocycles. The molecule has 1 saturated heterocycles. The zero-order valence-electron chi connectivity index (χ0n) is 16.2. The van der Waals surface area contributed by atoms with Crippen LogP contribution in [0.5, 0.6) is 5.75 Å². The molecular weight excluding hydrogens is 408 g/mol. The van der Waals surface area contributed by atoms with Crippen molar-refractivity contribution in [1.29, 1.82) is 0 Å². The molecule has 1 N–H and O–H groups in total. The van der Waals surface area contributed by atoms with E-state index in [1.165, 1.54) is 11.3 Å². The Morgan fingerprint density at radius 2 is 1.93 bits per heavy atom. The molecule has 1 atom stereocenters. The summed E-state index contributed by atoms with van der Waals surface area (Å²) in [7, 11) is 1.66. The van der Waals surface area contributed by atoms with E-state index in [0.717, 1.165) is 34.5 Å². The first-order valence-corrected chi connectivity index (χ1v) is 10.8. The molecule has 0 aliphatic carbocycles. The van der Waals surface area contributed by atoms with Crippen molar-refractivity contribution < 1.29 is 14.3 Å². The van der Waals surface area contributed by atoms with E-state index >= 15 is 0 Å². The van der Waals surface area contributed by atoms with Crippen LogP contribution in [0.2, 0.25) is 5.02 Å². The van der Waals surface area contributed by atoms with Crippen molar-refractivity contribution in [3.63, 3.8) is 0 Å². The maximum absolute atomic E-state index is 12.9. The predicted molar refractivity (Wildman–Crippen MR) is 117 cm³/mol. The minimum Gasteiger partial charge on any atom is -0.497 e. The lowest BCUT2D eigenvalue weighted by atomic mass is 10.0. The molecule has 0 spiro atoms. The SMILES string of the molecule is COc1ccc([C@H](CNC(=O)c2sc3ccccc3c2Cl)N2CCOCC2)cc1. The molecule has 0 saturated carbocycles. The Morgan fingerprint density at radius 1 is 1.21 bits per heavy atom. The van der Waals surface area contributed by atoms with Gasteiger partial charge < -0.3 is 14.8 Å². The topological polar surface area (TPSA) is 50.8 Å². The maximum atomic E-state index is 12.9. The van der Waals surface area contributed by atoms with Crippen molar-refractivity contribution in [3.8, 4) is 5.75 Å². The number of amides is 1. The van der Waals surface area contributed by atoms with Crippen molar-refractivity contribution in [1.82, 2.24) is 10.2 Å². The number of hydrogen-bond acceptors (Lipinski definition) is 5. The van der Waals surface area contributed by atoms with Crippen LogP contribution in [0.25, 0.3) is 10.1 Å². The van der Waals surface area contributed by atoms with Crippen molar-refractivity contribution in [3.05, 3.63) is 64.0 Å². The molecule has 0 bridgehead atoms. The molecule has 5 nitrogen and oxygen atoms in total. The number of ether oxygens (including phenoxy) is 2. The van der Waals surface area contributed by atoms with Gasteiger partial charge in [-0.3, -0.25) is 9.69 Å². The van der Waals surface area contributed by atoms with Crippen LogP contribution in [0, 0.1) is 0 Å². The standard InChI is InChI=1S/C22H23ClN2O3S/c1-27-16-8-6-15(7-9-16)18(25-10-12-28-13-11-25)14-24-22(26)21-20(23)17-4-2-3-5-19(17)29-21/h2-9,18H,10-14H2,1H3,(H,24,26)/t18-/m0/s1. The Bertz CT molecular complexity index is 983. The molecule has 1 aliphatic rings. The average Bonchev–Trinajstić information content (AvgIpc) is 3.12. The summed E-state index contributed by atoms with van der Waals surface area (Å²) < 4.78 is 11.8. The highest BCUT2D eigenvalue weighted by Crippen LogP contribution is 2.35. The van der Waals surface area contributed by atoms with Gasteiger partial charge in [-0.2, -0.15) is 0 Å². The van der Waals surface area contributed by atoms with E-state index in [1.807, 2.05) is 36.4 Å². The molecule has 1 fully saturated rings. The molecule has 4 rings (SSSR count). The number of nitrogens with one attached hydrogen (secondary N) is 1. The van der Waals surface area contributed by atoms with Crippen molar-refractivity contribution in [2.45, 2.75) is 6.04 Å². The van der Waals surface area contributed by atoms with Crippen LogP contribution >= 0.6 is 22.9 Å². The molecule has 1 aliphatic heterocycles. The van der Waals surface area contributed by atoms with Crippen molar-refractivity contribution in [2.75, 3.05) is 40.0 Å². The Morgan fingerprint density at radius 3 is 2.62 bits per heavy atom. The molecule has 152 valence electrons. The number of carbonyl (C=O) groups excluding carboxylic acids is 1. The van der Waals surface area contributed by atoms with E-state index < -0.39 is 0 Å². The van der Waals surface area contributed by atoms with E-state index in [2.05, 4.69) is 22.3 Å². The fraction of sp³-hybridized carbons (Fsp3) is 0.318. The first-order valence-electron chi connectivity index (χ1n) is 9.58. The highest BCUT2D eigenvalue weighted by molar-refractivity contribution is 7.21. The molecule has 0 radical (unpaired) electrons. The third-order valence-electron chi connectivity index (χ3n) is 5.18. The number of halogens is 1. The Labute approximate surface area is 179 Å². The number of benzene rings is 2. The predicted octanol–water partition coefficient (Wildman–Crippen LogP) is 4.37. The highest BCUT2D eigenvalue weighted by atomic mass is 35.5. The fourth-order valence-electron chi connectivity index (χ4n) is 3.60. The van der Waals surface area contributed by atoms with Gasteiger partial charge in [0.25, 0.3) is 5.91 Å². The van der Waals surface area contributed by atoms with Crippen LogP contribution in [0.3, 0.4) is 0 Å². The minimum absolute atomic E-state index is 0.0573. The molecule has 0 unspecified atom stereocenters. The second-order valence-electron chi connectivity index (χ2n) is 6.89. The van der Waals surface area contributed by atoms with Gasteiger partial charge in [-0.15, -0.1) is 11.3 Å². The lowest BCUT2D eigenvalue weighted by molar-refractivity contribution is 0.0162. The van der Waals surface area contributed by atoms with Crippen LogP contribution in [0.1, 0.15) is 21.3 Å². The second-order valence-corrected chi connectivity index (χ2v) is 8.32. The summed E-state index contributed by atoms with van der Waals surface area (Å²) in [6.07, 6.45) is 0. The smallest absolute Gasteiger partial charge is 0.262 e. The highest BCUT2D eigenvalue weighted by Gasteiger charge is 2.24. The van der Waals surface area contributed by atoms with Crippen LogP contribution in [-0.4, -0.2) is 50.8 Å². The third kappa shape index (κ3) is 4.41. The number of methoxy groups -OCH3 is 1. The Hall–Kier alpha value is -2.12. The van der Waals surface area contributed by atoms with E-state index in [0.29, 0.717) is 29.7 Å². The third-order valence-corrected chi connectivity index (χ3v) is 6.86. The quantitative estimate of drug-likeness (QED) is 0.631. The summed E-state index contributed by atoms with van der Waals surface area (Å²) in [5.41, 5.74) is 1.13. The summed E-state index contributed by atoms with van der Waals surface area (Å²) in [5.74, 6) is 0.679. The van der Waals surface area contributed by atoms with Crippen LogP contribution in [0.4, 0.5) is 0 Å². The molecule has 1 amide bonds. The first kappa shape index (κ1) is 20.2. The van der Waals surface area contributed by atoms with Gasteiger partial charge in [0.2, 0.25) is 0 Å². The van der Waals surface area contributed by atoms with Crippen LogP contribution < -0.4 is 10.1 Å². The van der Waals surface area contributed by atoms with Gasteiger partial charge in [0.15, 0.2) is 0 Å². The van der Waals surface area contributed by atoms with Gasteiger partial charge in [-0.25, -0.2) is 0 Å². The molecule has 2 heterocycles. The van der Waals surface area contributed by atoms with E-state index in [-0.39, 0.29) is 11.9 Å². The van der Waals surface area contributed by atoms with Gasteiger partial charge >= 0.3 is 0 Å². The summed E-state index contributed by atoms with van der Waals surface area (Å²) >= 11 is 7.90. The molecule has 7 heteroatoms. The summed E-state index contributed by atoms with van der Waals surface area (Å²) in [5, 5.41) is 4.54. The monoisotopic (exact) mass is 430 g/mol. The zero-order valence-corrected chi connectivity index (χ0v) is 17.8. The van der Waals surface area contributed by atoms with Gasteiger partial charge in [-0.1, -0.05) is 41.9 Å². The van der Waals surface area contributed by atoms with Gasteiger partial charge in [0, 0.05) is 29.7 Å². The van der Waals surface area contributed by atoms with Crippen molar-refractivity contribution >= 4 is 38.9 Å². The zero-order chi connectivity index (χ0) is 20.2. The molecule has 2 aromatic carbocycles. The van der Waals surface area contributed by atoms with Crippen LogP contribution in [0.15, 0.2) is 48.5 Å². The maximum Gasteiger partial charge on any atom is 0.262 e. The van der Waals surface area contributed by atoms with Gasteiger partial charge in [0.05, 0.1) is 31.4 Å². The second kappa shape index (κ2) is 9.13. The lowest BCUT2D eigenvalue weighted by Crippen LogP contribution is -2.43. The molecular formula is C22H23ClN2O3S. The Kier molecular flexibility index (Phi) is 6.35. The first-order chi connectivity index (χ1) is 14.2. The minimum atomic E-state index is -0.136. The largest absolute Gasteiger partial charge is 0.497 e. The average molecular weight is 431 g/mol. The fourth-order valence-corrected chi connectivity index (χ4v) is 5.04. The summed E-state index contributed by atoms with van der Waals surface area (Å²) in [4.78, 5) is 15.8. The van der Waals surface area contributed by atoms with Crippen LogP contribution in [-0.2, 0) is 4.74 Å². The number of carbonyl (C=O) groups is 1. The Balaban J connectivity index is 1.53. The number of nitrogens with zero attached hydrogens (tertiary/aromatic N) is 1.